The number of benzene rings is 10. The summed E-state index contributed by atoms with van der Waals surface area (Å²) in [6.45, 7) is 2.34. The van der Waals surface area contributed by atoms with Gasteiger partial charge in [-0.1, -0.05) is 135 Å². The summed E-state index contributed by atoms with van der Waals surface area (Å²) in [5, 5.41) is 7.97. The van der Waals surface area contributed by atoms with Gasteiger partial charge in [-0.05, 0) is 155 Å². The van der Waals surface area contributed by atoms with Crippen molar-refractivity contribution in [3.8, 4) is 84.0 Å². The molecule has 284 valence electrons. The van der Waals surface area contributed by atoms with Gasteiger partial charge in [-0.2, -0.15) is 0 Å². The zero-order valence-corrected chi connectivity index (χ0v) is 34.2. The first-order valence-corrected chi connectivity index (χ1v) is 21.2. The molecule has 0 unspecified atom stereocenters. The maximum atomic E-state index is 6.12. The van der Waals surface area contributed by atoms with Crippen LogP contribution in [0.1, 0.15) is 5.56 Å². The third-order valence-electron chi connectivity index (χ3n) is 14.6. The van der Waals surface area contributed by atoms with Crippen molar-refractivity contribution in [2.24, 2.45) is 0 Å². The minimum atomic E-state index is 0.0478. The van der Waals surface area contributed by atoms with Crippen molar-refractivity contribution < 1.29 is 14.2 Å². The topological polar surface area (TPSA) is 27.7 Å². The second-order valence-electron chi connectivity index (χ2n) is 17.4. The highest BCUT2D eigenvalue weighted by Gasteiger charge is 2.45. The Bertz CT molecular complexity index is 3570. The number of hydrogen-bond donors (Lipinski definition) is 0. The van der Waals surface area contributed by atoms with Gasteiger partial charge in [-0.15, -0.1) is 0 Å². The van der Waals surface area contributed by atoms with Crippen LogP contribution in [-0.2, 0) is 0 Å². The molecule has 0 spiro atoms. The summed E-state index contributed by atoms with van der Waals surface area (Å²) in [4.78, 5) is 0. The van der Waals surface area contributed by atoms with E-state index in [1.165, 1.54) is 137 Å². The Labute approximate surface area is 354 Å². The molecule has 0 aliphatic carbocycles. The summed E-state index contributed by atoms with van der Waals surface area (Å²) in [5.41, 5.74) is 24.4. The van der Waals surface area contributed by atoms with Crippen molar-refractivity contribution in [3.63, 3.8) is 0 Å². The summed E-state index contributed by atoms with van der Waals surface area (Å²) in [7, 11) is 5.34. The number of aryl methyl sites for hydroxylation is 1. The van der Waals surface area contributed by atoms with Gasteiger partial charge in [-0.3, -0.25) is 0 Å². The van der Waals surface area contributed by atoms with Crippen LogP contribution in [-0.4, -0.2) is 34.8 Å². The minimum absolute atomic E-state index is 0.0478. The SMILES string of the molecule is COc1ccc2c(c1)-c1cc(OC)cc3c1B2c1cc2c(-c4ccccc4)cc4c5c(cc6c(-c7ccccc7)cc-3c1c6c25)B1c2ccc(C)cc2-c2cc(OC)cc-4c21. The Morgan fingerprint density at radius 3 is 1.23 bits per heavy atom. The van der Waals surface area contributed by atoms with Gasteiger partial charge < -0.3 is 14.2 Å². The maximum Gasteiger partial charge on any atom is 0.244 e. The highest BCUT2D eigenvalue weighted by molar-refractivity contribution is 7.03. The largest absolute Gasteiger partial charge is 0.497 e. The molecule has 61 heavy (non-hydrogen) atoms. The first-order valence-electron chi connectivity index (χ1n) is 21.2. The van der Waals surface area contributed by atoms with E-state index in [0.29, 0.717) is 0 Å². The number of fused-ring (bicyclic) bond motifs is 10. The van der Waals surface area contributed by atoms with E-state index in [1.54, 1.807) is 21.3 Å². The number of ether oxygens (including phenoxy) is 3. The van der Waals surface area contributed by atoms with Crippen LogP contribution in [0.2, 0.25) is 0 Å². The summed E-state index contributed by atoms with van der Waals surface area (Å²) >= 11 is 0. The number of methoxy groups -OCH3 is 3. The van der Waals surface area contributed by atoms with Gasteiger partial charge >= 0.3 is 0 Å². The molecule has 0 amide bonds. The molecule has 3 nitrogen and oxygen atoms in total. The average Bonchev–Trinajstić information content (AvgIpc) is 3.82. The molecule has 0 radical (unpaired) electrons. The predicted molar refractivity (Wildman–Crippen MR) is 256 cm³/mol. The molecule has 4 heterocycles. The van der Waals surface area contributed by atoms with E-state index in [-0.39, 0.29) is 13.4 Å². The molecule has 14 rings (SSSR count). The highest BCUT2D eigenvalue weighted by Crippen LogP contribution is 2.51. The van der Waals surface area contributed by atoms with E-state index in [2.05, 4.69) is 153 Å². The Kier molecular flexibility index (Phi) is 6.46. The second kappa shape index (κ2) is 11.7. The van der Waals surface area contributed by atoms with Gasteiger partial charge in [0.2, 0.25) is 13.4 Å². The minimum Gasteiger partial charge on any atom is -0.497 e. The van der Waals surface area contributed by atoms with Crippen LogP contribution in [0.4, 0.5) is 0 Å². The summed E-state index contributed by atoms with van der Waals surface area (Å²) in [6.07, 6.45) is 0. The smallest absolute Gasteiger partial charge is 0.244 e. The molecule has 10 aromatic rings. The molecule has 0 fully saturated rings. The predicted octanol–water partition coefficient (Wildman–Crippen LogP) is 9.21. The molecule has 10 aromatic carbocycles. The van der Waals surface area contributed by atoms with Crippen LogP contribution in [0.15, 0.2) is 146 Å². The Morgan fingerprint density at radius 2 is 0.754 bits per heavy atom. The van der Waals surface area contributed by atoms with Crippen molar-refractivity contribution >= 4 is 78.5 Å². The molecular weight excluding hydrogens is 742 g/mol. The summed E-state index contributed by atoms with van der Waals surface area (Å²) in [6, 6.07) is 55.0. The second-order valence-corrected chi connectivity index (χ2v) is 17.4. The van der Waals surface area contributed by atoms with E-state index in [0.717, 1.165) is 17.2 Å². The molecule has 0 atom stereocenters. The van der Waals surface area contributed by atoms with Crippen LogP contribution >= 0.6 is 0 Å². The van der Waals surface area contributed by atoms with Gasteiger partial charge in [0.15, 0.2) is 0 Å². The third kappa shape index (κ3) is 4.16. The Hall–Kier alpha value is -7.23. The summed E-state index contributed by atoms with van der Waals surface area (Å²) < 4.78 is 18.1. The normalized spacial score (nSPS) is 13.2. The highest BCUT2D eigenvalue weighted by atomic mass is 16.5. The van der Waals surface area contributed by atoms with Crippen LogP contribution in [0.3, 0.4) is 0 Å². The van der Waals surface area contributed by atoms with E-state index < -0.39 is 0 Å². The standard InChI is InChI=1S/C56H36B2O3/c1-29-15-17-47-37(19-29)43-21-33(60-3)23-45-39-25-35(30-11-7-5-8-12-30)42-28-50-52-40(46-24-34(61-4)22-44-38-20-32(59-2)16-18-48(38)58(50)56(44)46)26-36(31-13-9-6-10-14-31)41-27-49(57(47)55(43)45)51(39)53(42)54(41)52/h5-28H,1-4H3. The number of rotatable bonds is 5. The van der Waals surface area contributed by atoms with Gasteiger partial charge in [0.05, 0.1) is 21.3 Å². The fourth-order valence-electron chi connectivity index (χ4n) is 12.1. The first-order chi connectivity index (χ1) is 30.0. The lowest BCUT2D eigenvalue weighted by atomic mass is 9.34. The lowest BCUT2D eigenvalue weighted by Crippen LogP contribution is -2.53. The van der Waals surface area contributed by atoms with Crippen molar-refractivity contribution in [3.05, 3.63) is 151 Å². The van der Waals surface area contributed by atoms with Crippen LogP contribution in [0, 0.1) is 6.92 Å². The van der Waals surface area contributed by atoms with E-state index in [4.69, 9.17) is 14.2 Å². The zero-order valence-electron chi connectivity index (χ0n) is 34.2. The summed E-state index contributed by atoms with van der Waals surface area (Å²) in [5.74, 6) is 2.61. The van der Waals surface area contributed by atoms with Crippen LogP contribution in [0.5, 0.6) is 17.2 Å². The van der Waals surface area contributed by atoms with Crippen molar-refractivity contribution in [2.75, 3.05) is 21.3 Å². The first kappa shape index (κ1) is 33.6. The van der Waals surface area contributed by atoms with E-state index in [1.807, 2.05) is 0 Å². The fraction of sp³-hybridized carbons (Fsp3) is 0.0714. The molecule has 5 heteroatoms. The molecule has 0 N–H and O–H groups in total. The lowest BCUT2D eigenvalue weighted by molar-refractivity contribution is 0.414. The van der Waals surface area contributed by atoms with Crippen LogP contribution < -0.4 is 47.0 Å². The van der Waals surface area contributed by atoms with Gasteiger partial charge in [0.1, 0.15) is 17.2 Å². The van der Waals surface area contributed by atoms with E-state index >= 15 is 0 Å². The van der Waals surface area contributed by atoms with Gasteiger partial charge in [-0.25, -0.2) is 0 Å². The molecule has 0 bridgehead atoms. The van der Waals surface area contributed by atoms with Crippen molar-refractivity contribution in [2.45, 2.75) is 6.92 Å². The van der Waals surface area contributed by atoms with Crippen LogP contribution in [0.25, 0.3) is 99.1 Å². The zero-order chi connectivity index (χ0) is 40.4. The monoisotopic (exact) mass is 778 g/mol. The third-order valence-corrected chi connectivity index (χ3v) is 14.6. The molecule has 4 aliphatic heterocycles. The molecule has 0 saturated carbocycles. The quantitative estimate of drug-likeness (QED) is 0.129. The maximum absolute atomic E-state index is 6.12. The molecule has 0 aromatic heterocycles. The lowest BCUT2D eigenvalue weighted by Gasteiger charge is -2.33. The number of hydrogen-bond acceptors (Lipinski definition) is 3. The molecule has 4 aliphatic rings. The Balaban J connectivity index is 1.24. The van der Waals surface area contributed by atoms with Gasteiger partial charge in [0, 0.05) is 0 Å². The molecular formula is C56H36B2O3. The van der Waals surface area contributed by atoms with Crippen molar-refractivity contribution in [1.29, 1.82) is 0 Å². The van der Waals surface area contributed by atoms with E-state index in [9.17, 15) is 0 Å². The average molecular weight is 779 g/mol. The van der Waals surface area contributed by atoms with Gasteiger partial charge in [0.25, 0.3) is 0 Å². The molecule has 0 saturated heterocycles. The Morgan fingerprint density at radius 1 is 0.328 bits per heavy atom. The van der Waals surface area contributed by atoms with Crippen molar-refractivity contribution in [1.82, 2.24) is 0 Å². The fourth-order valence-corrected chi connectivity index (χ4v) is 12.1.